The summed E-state index contributed by atoms with van der Waals surface area (Å²) in [4.78, 5) is 4.94. The van der Waals surface area contributed by atoms with Gasteiger partial charge in [-0.05, 0) is 38.9 Å². The number of methoxy groups -OCH3 is 1. The molecule has 0 aromatic rings. The maximum atomic E-state index is 5.88. The lowest BCUT2D eigenvalue weighted by Crippen LogP contribution is -2.46. The molecule has 0 spiro atoms. The van der Waals surface area contributed by atoms with Crippen LogP contribution >= 0.6 is 0 Å². The highest BCUT2D eigenvalue weighted by Crippen LogP contribution is 2.11. The summed E-state index contributed by atoms with van der Waals surface area (Å²) in [6.07, 6.45) is 2.73. The number of rotatable bonds is 8. The van der Waals surface area contributed by atoms with Gasteiger partial charge in [0.05, 0.1) is 6.61 Å². The molecule has 2 atom stereocenters. The minimum absolute atomic E-state index is 0.428. The van der Waals surface area contributed by atoms with Gasteiger partial charge < -0.3 is 20.3 Å². The van der Waals surface area contributed by atoms with Crippen LogP contribution < -0.4 is 5.73 Å². The van der Waals surface area contributed by atoms with E-state index in [-0.39, 0.29) is 0 Å². The first-order chi connectivity index (χ1) is 8.19. The van der Waals surface area contributed by atoms with Crippen LogP contribution in [0.15, 0.2) is 0 Å². The van der Waals surface area contributed by atoms with Crippen LogP contribution in [0.5, 0.6) is 0 Å². The van der Waals surface area contributed by atoms with Gasteiger partial charge in [0.2, 0.25) is 0 Å². The van der Waals surface area contributed by atoms with Crippen LogP contribution in [-0.4, -0.2) is 69.3 Å². The van der Waals surface area contributed by atoms with E-state index in [1.54, 1.807) is 7.11 Å². The second-order valence-electron chi connectivity index (χ2n) is 5.27. The molecule has 1 heterocycles. The number of likely N-dealkylation sites (tertiary alicyclic amines) is 1. The highest BCUT2D eigenvalue weighted by molar-refractivity contribution is 4.77. The fourth-order valence-electron chi connectivity index (χ4n) is 2.69. The van der Waals surface area contributed by atoms with Crippen molar-refractivity contribution in [2.75, 3.05) is 53.5 Å². The Morgan fingerprint density at radius 1 is 1.35 bits per heavy atom. The topological polar surface area (TPSA) is 41.7 Å². The van der Waals surface area contributed by atoms with Crippen molar-refractivity contribution < 1.29 is 4.74 Å². The monoisotopic (exact) mass is 243 g/mol. The largest absolute Gasteiger partial charge is 0.384 e. The van der Waals surface area contributed by atoms with E-state index in [1.807, 2.05) is 0 Å². The minimum atomic E-state index is 0.428. The summed E-state index contributed by atoms with van der Waals surface area (Å²) >= 11 is 0. The molecule has 0 bridgehead atoms. The zero-order valence-corrected chi connectivity index (χ0v) is 11.7. The van der Waals surface area contributed by atoms with Gasteiger partial charge in [0.25, 0.3) is 0 Å². The number of nitrogens with zero attached hydrogens (tertiary/aromatic N) is 2. The first-order valence-electron chi connectivity index (χ1n) is 6.80. The molecular formula is C13H29N3O. The molecule has 1 saturated heterocycles. The number of hydrogen-bond acceptors (Lipinski definition) is 4. The summed E-state index contributed by atoms with van der Waals surface area (Å²) in [5.41, 5.74) is 5.88. The number of ether oxygens (including phenoxy) is 1. The zero-order chi connectivity index (χ0) is 12.7. The average Bonchev–Trinajstić information content (AvgIpc) is 2.80. The molecule has 4 nitrogen and oxygen atoms in total. The Balaban J connectivity index is 2.29. The summed E-state index contributed by atoms with van der Waals surface area (Å²) in [6.45, 7) is 8.54. The van der Waals surface area contributed by atoms with E-state index in [2.05, 4.69) is 23.8 Å². The van der Waals surface area contributed by atoms with E-state index in [4.69, 9.17) is 10.5 Å². The molecule has 0 saturated carbocycles. The van der Waals surface area contributed by atoms with Gasteiger partial charge in [-0.1, -0.05) is 6.92 Å². The van der Waals surface area contributed by atoms with E-state index >= 15 is 0 Å². The van der Waals surface area contributed by atoms with Crippen LogP contribution in [-0.2, 0) is 4.74 Å². The SMILES string of the molecule is COCC(C)C(CN)N(C)CCN1CCCC1. The molecule has 0 aromatic heterocycles. The molecule has 102 valence electrons. The predicted octanol–water partition coefficient (Wildman–Crippen LogP) is 0.624. The van der Waals surface area contributed by atoms with Crippen LogP contribution in [0.2, 0.25) is 0 Å². The lowest BCUT2D eigenvalue weighted by molar-refractivity contribution is 0.0937. The van der Waals surface area contributed by atoms with Crippen molar-refractivity contribution in [2.24, 2.45) is 11.7 Å². The van der Waals surface area contributed by atoms with Gasteiger partial charge in [0.1, 0.15) is 0 Å². The lowest BCUT2D eigenvalue weighted by Gasteiger charge is -2.32. The van der Waals surface area contributed by atoms with Gasteiger partial charge in [-0.3, -0.25) is 0 Å². The number of hydrogen-bond donors (Lipinski definition) is 1. The fourth-order valence-corrected chi connectivity index (χ4v) is 2.69. The van der Waals surface area contributed by atoms with Crippen LogP contribution in [0.4, 0.5) is 0 Å². The van der Waals surface area contributed by atoms with Gasteiger partial charge >= 0.3 is 0 Å². The lowest BCUT2D eigenvalue weighted by atomic mass is 10.0. The highest BCUT2D eigenvalue weighted by Gasteiger charge is 2.21. The predicted molar refractivity (Wildman–Crippen MR) is 72.2 cm³/mol. The molecule has 0 aliphatic carbocycles. The Hall–Kier alpha value is -0.160. The summed E-state index contributed by atoms with van der Waals surface area (Å²) in [5.74, 6) is 0.494. The molecule has 1 aliphatic heterocycles. The van der Waals surface area contributed by atoms with Gasteiger partial charge in [0, 0.05) is 32.8 Å². The van der Waals surface area contributed by atoms with Crippen LogP contribution in [0.1, 0.15) is 19.8 Å². The molecule has 1 aliphatic rings. The standard InChI is InChI=1S/C13H29N3O/c1-12(11-17-3)13(10-14)15(2)8-9-16-6-4-5-7-16/h12-13H,4-11,14H2,1-3H3. The summed E-state index contributed by atoms with van der Waals surface area (Å²) in [6, 6.07) is 0.428. The third-order valence-electron chi connectivity index (χ3n) is 3.86. The Labute approximate surface area is 106 Å². The number of nitrogens with two attached hydrogens (primary N) is 1. The Morgan fingerprint density at radius 2 is 2.00 bits per heavy atom. The normalized spacial score (nSPS) is 21.0. The third-order valence-corrected chi connectivity index (χ3v) is 3.86. The fraction of sp³-hybridized carbons (Fsp3) is 1.00. The zero-order valence-electron chi connectivity index (χ0n) is 11.7. The molecular weight excluding hydrogens is 214 g/mol. The first-order valence-corrected chi connectivity index (χ1v) is 6.80. The molecule has 2 N–H and O–H groups in total. The third kappa shape index (κ3) is 4.92. The molecule has 1 fully saturated rings. The summed E-state index contributed by atoms with van der Waals surface area (Å²) < 4.78 is 5.22. The second-order valence-corrected chi connectivity index (χ2v) is 5.27. The number of likely N-dealkylation sites (N-methyl/N-ethyl adjacent to an activating group) is 1. The maximum absolute atomic E-state index is 5.88. The van der Waals surface area contributed by atoms with Crippen molar-refractivity contribution >= 4 is 0 Å². The molecule has 0 amide bonds. The average molecular weight is 243 g/mol. The summed E-state index contributed by atoms with van der Waals surface area (Å²) in [7, 11) is 3.94. The maximum Gasteiger partial charge on any atom is 0.0503 e. The molecule has 2 unspecified atom stereocenters. The molecule has 4 heteroatoms. The Kier molecular flexibility index (Phi) is 7.04. The van der Waals surface area contributed by atoms with Gasteiger partial charge in [-0.2, -0.15) is 0 Å². The highest BCUT2D eigenvalue weighted by atomic mass is 16.5. The molecule has 1 rings (SSSR count). The van der Waals surface area contributed by atoms with Crippen molar-refractivity contribution in [2.45, 2.75) is 25.8 Å². The van der Waals surface area contributed by atoms with Crippen molar-refractivity contribution in [3.63, 3.8) is 0 Å². The van der Waals surface area contributed by atoms with E-state index in [1.165, 1.54) is 32.5 Å². The second kappa shape index (κ2) is 8.03. The van der Waals surface area contributed by atoms with Gasteiger partial charge in [0.15, 0.2) is 0 Å². The van der Waals surface area contributed by atoms with Crippen LogP contribution in [0, 0.1) is 5.92 Å². The molecule has 0 radical (unpaired) electrons. The smallest absolute Gasteiger partial charge is 0.0503 e. The minimum Gasteiger partial charge on any atom is -0.384 e. The Morgan fingerprint density at radius 3 is 2.53 bits per heavy atom. The van der Waals surface area contributed by atoms with Crippen LogP contribution in [0.3, 0.4) is 0 Å². The van der Waals surface area contributed by atoms with Crippen molar-refractivity contribution in [1.29, 1.82) is 0 Å². The van der Waals surface area contributed by atoms with Gasteiger partial charge in [-0.25, -0.2) is 0 Å². The van der Waals surface area contributed by atoms with E-state index < -0.39 is 0 Å². The first kappa shape index (κ1) is 14.9. The molecule has 0 aromatic carbocycles. The Bertz CT molecular complexity index is 195. The van der Waals surface area contributed by atoms with E-state index in [9.17, 15) is 0 Å². The summed E-state index contributed by atoms with van der Waals surface area (Å²) in [5, 5.41) is 0. The van der Waals surface area contributed by atoms with E-state index in [0.29, 0.717) is 18.5 Å². The van der Waals surface area contributed by atoms with Gasteiger partial charge in [-0.15, -0.1) is 0 Å². The van der Waals surface area contributed by atoms with Crippen LogP contribution in [0.25, 0.3) is 0 Å². The van der Waals surface area contributed by atoms with Crippen molar-refractivity contribution in [3.05, 3.63) is 0 Å². The van der Waals surface area contributed by atoms with E-state index in [0.717, 1.165) is 13.2 Å². The molecule has 17 heavy (non-hydrogen) atoms. The van der Waals surface area contributed by atoms with Crippen molar-refractivity contribution in [3.8, 4) is 0 Å². The van der Waals surface area contributed by atoms with Crippen molar-refractivity contribution in [1.82, 2.24) is 9.80 Å². The quantitative estimate of drug-likeness (QED) is 0.679.